The first-order valence-corrected chi connectivity index (χ1v) is 10.5. The zero-order valence-corrected chi connectivity index (χ0v) is 16.7. The van der Waals surface area contributed by atoms with Crippen molar-refractivity contribution in [1.82, 2.24) is 10.2 Å². The van der Waals surface area contributed by atoms with Crippen molar-refractivity contribution in [3.8, 4) is 0 Å². The number of nitrogens with one attached hydrogen (secondary N) is 1. The Hall–Kier alpha value is -1.88. The van der Waals surface area contributed by atoms with Crippen LogP contribution >= 0.6 is 11.6 Å². The van der Waals surface area contributed by atoms with Crippen LogP contribution in [0.4, 0.5) is 0 Å². The van der Waals surface area contributed by atoms with Gasteiger partial charge in [-0.1, -0.05) is 54.1 Å². The molecule has 1 heterocycles. The molecule has 3 atom stereocenters. The van der Waals surface area contributed by atoms with Crippen LogP contribution in [0.3, 0.4) is 0 Å². The molecule has 1 aliphatic carbocycles. The predicted molar refractivity (Wildman–Crippen MR) is 111 cm³/mol. The molecule has 2 fully saturated rings. The summed E-state index contributed by atoms with van der Waals surface area (Å²) in [5.41, 5.74) is 3.45. The predicted octanol–water partition coefficient (Wildman–Crippen LogP) is 3.72. The summed E-state index contributed by atoms with van der Waals surface area (Å²) in [6.45, 7) is 2.60. The lowest BCUT2D eigenvalue weighted by Gasteiger charge is -2.24. The molecule has 0 aromatic heterocycles. The molecular formula is C23H27ClN2O2. The molecule has 5 heteroatoms. The van der Waals surface area contributed by atoms with E-state index in [0.29, 0.717) is 6.54 Å². The van der Waals surface area contributed by atoms with Gasteiger partial charge in [-0.25, -0.2) is 0 Å². The third-order valence-electron chi connectivity index (χ3n) is 6.09. The Bertz CT molecular complexity index is 841. The summed E-state index contributed by atoms with van der Waals surface area (Å²) >= 11 is 6.27. The maximum atomic E-state index is 12.6. The average molecular weight is 399 g/mol. The Labute approximate surface area is 171 Å². The number of benzene rings is 2. The van der Waals surface area contributed by atoms with Gasteiger partial charge >= 0.3 is 0 Å². The molecular weight excluding hydrogens is 372 g/mol. The molecule has 1 saturated heterocycles. The van der Waals surface area contributed by atoms with Crippen molar-refractivity contribution in [1.29, 1.82) is 0 Å². The fraction of sp³-hybridized carbons (Fsp3) is 0.435. The normalized spacial score (nSPS) is 24.3. The molecule has 2 aromatic rings. The van der Waals surface area contributed by atoms with Crippen molar-refractivity contribution in [2.24, 2.45) is 5.92 Å². The summed E-state index contributed by atoms with van der Waals surface area (Å²) in [4.78, 5) is 15.0. The third-order valence-corrected chi connectivity index (χ3v) is 6.43. The first kappa shape index (κ1) is 19.4. The number of rotatable bonds is 7. The molecule has 0 radical (unpaired) electrons. The second-order valence-corrected chi connectivity index (χ2v) is 8.31. The number of nitrogens with zero attached hydrogens (tertiary/aromatic N) is 1. The van der Waals surface area contributed by atoms with Crippen LogP contribution in [-0.4, -0.2) is 35.1 Å². The fourth-order valence-electron chi connectivity index (χ4n) is 4.33. The fourth-order valence-corrected chi connectivity index (χ4v) is 4.61. The second-order valence-electron chi connectivity index (χ2n) is 7.91. The van der Waals surface area contributed by atoms with Crippen LogP contribution in [0.2, 0.25) is 5.02 Å². The maximum absolute atomic E-state index is 12.6. The van der Waals surface area contributed by atoms with Crippen LogP contribution < -0.4 is 5.32 Å². The molecule has 1 aliphatic heterocycles. The van der Waals surface area contributed by atoms with Crippen molar-refractivity contribution < 1.29 is 9.90 Å². The number of aliphatic hydroxyl groups is 1. The van der Waals surface area contributed by atoms with Crippen LogP contribution in [-0.2, 0) is 17.9 Å². The van der Waals surface area contributed by atoms with E-state index >= 15 is 0 Å². The highest BCUT2D eigenvalue weighted by Crippen LogP contribution is 2.49. The Kier molecular flexibility index (Phi) is 6.00. The van der Waals surface area contributed by atoms with Crippen LogP contribution in [0.5, 0.6) is 0 Å². The minimum atomic E-state index is 0.0180. The molecule has 1 amide bonds. The minimum Gasteiger partial charge on any atom is -0.395 e. The van der Waals surface area contributed by atoms with Gasteiger partial charge in [0, 0.05) is 30.1 Å². The highest BCUT2D eigenvalue weighted by Gasteiger charge is 2.44. The Morgan fingerprint density at radius 3 is 2.68 bits per heavy atom. The molecule has 28 heavy (non-hydrogen) atoms. The molecule has 0 spiro atoms. The molecule has 148 valence electrons. The summed E-state index contributed by atoms with van der Waals surface area (Å²) in [5.74, 6) is 0.359. The standard InChI is InChI=1S/C23H27ClN2O2/c24-22-10-4-3-9-19(22)20-12-21(20)23(28)25-13-16-6-1-2-7-17(16)14-26-11-5-8-18(26)15-27/h1-4,6-7,9-10,18,20-21,27H,5,8,11-15H2,(H,25,28)/t18-,20-,21+/m1/s1. The third kappa shape index (κ3) is 4.24. The molecule has 1 saturated carbocycles. The van der Waals surface area contributed by atoms with Gasteiger partial charge in [-0.3, -0.25) is 9.69 Å². The number of amides is 1. The highest BCUT2D eigenvalue weighted by molar-refractivity contribution is 6.31. The molecule has 2 aliphatic rings. The first-order chi connectivity index (χ1) is 13.7. The Morgan fingerprint density at radius 1 is 1.14 bits per heavy atom. The van der Waals surface area contributed by atoms with Gasteiger partial charge < -0.3 is 10.4 Å². The zero-order valence-electron chi connectivity index (χ0n) is 16.0. The van der Waals surface area contributed by atoms with E-state index < -0.39 is 0 Å². The monoisotopic (exact) mass is 398 g/mol. The molecule has 4 rings (SSSR count). The lowest BCUT2D eigenvalue weighted by molar-refractivity contribution is -0.122. The van der Waals surface area contributed by atoms with E-state index in [1.807, 2.05) is 36.4 Å². The van der Waals surface area contributed by atoms with Crippen molar-refractivity contribution in [3.63, 3.8) is 0 Å². The van der Waals surface area contributed by atoms with Gasteiger partial charge in [-0.05, 0) is 54.5 Å². The van der Waals surface area contributed by atoms with Crippen molar-refractivity contribution >= 4 is 17.5 Å². The van der Waals surface area contributed by atoms with Crippen molar-refractivity contribution in [2.45, 2.75) is 44.3 Å². The number of hydrogen-bond acceptors (Lipinski definition) is 3. The van der Waals surface area contributed by atoms with Crippen LogP contribution in [0.1, 0.15) is 41.9 Å². The highest BCUT2D eigenvalue weighted by atomic mass is 35.5. The topological polar surface area (TPSA) is 52.6 Å². The van der Waals surface area contributed by atoms with E-state index in [9.17, 15) is 9.90 Å². The number of halogens is 1. The number of carbonyl (C=O) groups is 1. The zero-order chi connectivity index (χ0) is 19.5. The summed E-state index contributed by atoms with van der Waals surface area (Å²) in [6, 6.07) is 16.3. The van der Waals surface area contributed by atoms with E-state index in [0.717, 1.165) is 48.5 Å². The molecule has 0 bridgehead atoms. The summed E-state index contributed by atoms with van der Waals surface area (Å²) < 4.78 is 0. The lowest BCUT2D eigenvalue weighted by atomic mass is 10.1. The lowest BCUT2D eigenvalue weighted by Crippen LogP contribution is -2.32. The van der Waals surface area contributed by atoms with E-state index in [2.05, 4.69) is 22.3 Å². The molecule has 2 N–H and O–H groups in total. The SMILES string of the molecule is O=C(NCc1ccccc1CN1CCC[C@@H]1CO)[C@H]1C[C@@H]1c1ccccc1Cl. The number of carbonyl (C=O) groups excluding carboxylic acids is 1. The maximum Gasteiger partial charge on any atom is 0.224 e. The Balaban J connectivity index is 1.35. The van der Waals surface area contributed by atoms with Crippen LogP contribution in [0.15, 0.2) is 48.5 Å². The van der Waals surface area contributed by atoms with E-state index in [-0.39, 0.29) is 30.4 Å². The average Bonchev–Trinajstić information content (AvgIpc) is 3.38. The molecule has 4 nitrogen and oxygen atoms in total. The summed E-state index contributed by atoms with van der Waals surface area (Å²) in [5, 5.41) is 13.4. The van der Waals surface area contributed by atoms with Crippen molar-refractivity contribution in [3.05, 3.63) is 70.2 Å². The minimum absolute atomic E-state index is 0.0180. The molecule has 2 aromatic carbocycles. The smallest absolute Gasteiger partial charge is 0.224 e. The van der Waals surface area contributed by atoms with E-state index in [1.54, 1.807) is 0 Å². The summed E-state index contributed by atoms with van der Waals surface area (Å²) in [7, 11) is 0. The van der Waals surface area contributed by atoms with Crippen LogP contribution in [0.25, 0.3) is 0 Å². The van der Waals surface area contributed by atoms with Gasteiger partial charge in [0.15, 0.2) is 0 Å². The van der Waals surface area contributed by atoms with Crippen molar-refractivity contribution in [2.75, 3.05) is 13.2 Å². The Morgan fingerprint density at radius 2 is 1.89 bits per heavy atom. The van der Waals surface area contributed by atoms with Gasteiger partial charge in [-0.2, -0.15) is 0 Å². The van der Waals surface area contributed by atoms with Gasteiger partial charge in [0.05, 0.1) is 6.61 Å². The largest absolute Gasteiger partial charge is 0.395 e. The van der Waals surface area contributed by atoms with E-state index in [1.165, 1.54) is 5.56 Å². The first-order valence-electron chi connectivity index (χ1n) is 10.1. The van der Waals surface area contributed by atoms with Gasteiger partial charge in [0.1, 0.15) is 0 Å². The summed E-state index contributed by atoms with van der Waals surface area (Å²) in [6.07, 6.45) is 3.05. The number of likely N-dealkylation sites (tertiary alicyclic amines) is 1. The second kappa shape index (κ2) is 8.64. The van der Waals surface area contributed by atoms with Gasteiger partial charge in [0.25, 0.3) is 0 Å². The van der Waals surface area contributed by atoms with Gasteiger partial charge in [-0.15, -0.1) is 0 Å². The quantitative estimate of drug-likeness (QED) is 0.747. The number of aliphatic hydroxyl groups excluding tert-OH is 1. The molecule has 0 unspecified atom stereocenters. The van der Waals surface area contributed by atoms with Crippen LogP contribution in [0, 0.1) is 5.92 Å². The van der Waals surface area contributed by atoms with E-state index in [4.69, 9.17) is 11.6 Å². The van der Waals surface area contributed by atoms with Gasteiger partial charge in [0.2, 0.25) is 5.91 Å². The number of hydrogen-bond donors (Lipinski definition) is 2.